The smallest absolute Gasteiger partial charge is 0.226 e. The Morgan fingerprint density at radius 2 is 2.25 bits per heavy atom. The normalized spacial score (nSPS) is 16.8. The summed E-state index contributed by atoms with van der Waals surface area (Å²) in [6, 6.07) is 2.18. The predicted molar refractivity (Wildman–Crippen MR) is 62.2 cm³/mol. The van der Waals surface area contributed by atoms with Gasteiger partial charge < -0.3 is 9.64 Å². The van der Waals surface area contributed by atoms with Gasteiger partial charge in [-0.15, -0.1) is 6.42 Å². The standard InChI is InChI=1S/C12H15N3O/c1-3-10-4-7-13-12(14-10)15(2)11-5-8-16-9-6-11/h1,4,7,11H,5-6,8-9H2,2H3. The van der Waals surface area contributed by atoms with Crippen LogP contribution in [0.3, 0.4) is 0 Å². The van der Waals surface area contributed by atoms with Crippen molar-refractivity contribution in [3.63, 3.8) is 0 Å². The van der Waals surface area contributed by atoms with Gasteiger partial charge in [0.1, 0.15) is 5.69 Å². The molecule has 1 fully saturated rings. The number of hydrogen-bond acceptors (Lipinski definition) is 4. The Hall–Kier alpha value is -1.60. The van der Waals surface area contributed by atoms with Gasteiger partial charge >= 0.3 is 0 Å². The lowest BCUT2D eigenvalue weighted by atomic mass is 10.1. The monoisotopic (exact) mass is 217 g/mol. The first-order chi connectivity index (χ1) is 7.81. The van der Waals surface area contributed by atoms with Crippen molar-refractivity contribution in [2.75, 3.05) is 25.2 Å². The van der Waals surface area contributed by atoms with Crippen molar-refractivity contribution in [3.05, 3.63) is 18.0 Å². The Balaban J connectivity index is 2.13. The molecular weight excluding hydrogens is 202 g/mol. The Morgan fingerprint density at radius 1 is 1.50 bits per heavy atom. The minimum atomic E-state index is 0.446. The van der Waals surface area contributed by atoms with E-state index in [-0.39, 0.29) is 0 Å². The van der Waals surface area contributed by atoms with Crippen molar-refractivity contribution in [1.29, 1.82) is 0 Å². The molecule has 1 saturated heterocycles. The molecular formula is C12H15N3O. The average Bonchev–Trinajstić information content (AvgIpc) is 2.39. The van der Waals surface area contributed by atoms with Crippen LogP contribution in [0.2, 0.25) is 0 Å². The first-order valence-electron chi connectivity index (χ1n) is 5.41. The molecule has 4 nitrogen and oxygen atoms in total. The van der Waals surface area contributed by atoms with Crippen molar-refractivity contribution in [2.24, 2.45) is 0 Å². The molecule has 0 spiro atoms. The molecule has 0 aliphatic carbocycles. The van der Waals surface area contributed by atoms with E-state index in [1.54, 1.807) is 12.3 Å². The molecule has 1 aromatic heterocycles. The summed E-state index contributed by atoms with van der Waals surface area (Å²) in [5.74, 6) is 3.22. The van der Waals surface area contributed by atoms with Crippen LogP contribution in [0, 0.1) is 12.3 Å². The topological polar surface area (TPSA) is 38.2 Å². The van der Waals surface area contributed by atoms with Crippen LogP contribution in [0.15, 0.2) is 12.3 Å². The molecule has 0 aromatic carbocycles. The number of anilines is 1. The Labute approximate surface area is 95.7 Å². The number of rotatable bonds is 2. The van der Waals surface area contributed by atoms with E-state index in [0.717, 1.165) is 26.1 Å². The van der Waals surface area contributed by atoms with Crippen LogP contribution in [-0.2, 0) is 4.74 Å². The molecule has 0 amide bonds. The summed E-state index contributed by atoms with van der Waals surface area (Å²) in [6.07, 6.45) is 9.05. The summed E-state index contributed by atoms with van der Waals surface area (Å²) < 4.78 is 5.33. The highest BCUT2D eigenvalue weighted by molar-refractivity contribution is 5.35. The lowest BCUT2D eigenvalue weighted by Gasteiger charge is -2.31. The number of terminal acetylenes is 1. The van der Waals surface area contributed by atoms with Crippen LogP contribution in [0.5, 0.6) is 0 Å². The van der Waals surface area contributed by atoms with Crippen LogP contribution in [0.1, 0.15) is 18.5 Å². The van der Waals surface area contributed by atoms with Gasteiger partial charge in [0.25, 0.3) is 0 Å². The number of nitrogens with zero attached hydrogens (tertiary/aromatic N) is 3. The molecule has 1 aliphatic rings. The van der Waals surface area contributed by atoms with Crippen molar-refractivity contribution in [3.8, 4) is 12.3 Å². The molecule has 1 aromatic rings. The van der Waals surface area contributed by atoms with Gasteiger partial charge in [-0.1, -0.05) is 5.92 Å². The van der Waals surface area contributed by atoms with E-state index in [0.29, 0.717) is 17.7 Å². The molecule has 0 bridgehead atoms. The molecule has 16 heavy (non-hydrogen) atoms. The van der Waals surface area contributed by atoms with Crippen molar-refractivity contribution in [2.45, 2.75) is 18.9 Å². The van der Waals surface area contributed by atoms with E-state index < -0.39 is 0 Å². The Bertz CT molecular complexity index is 393. The zero-order chi connectivity index (χ0) is 11.4. The molecule has 0 saturated carbocycles. The first kappa shape index (κ1) is 10.9. The lowest BCUT2D eigenvalue weighted by molar-refractivity contribution is 0.0852. The molecule has 84 valence electrons. The SMILES string of the molecule is C#Cc1ccnc(N(C)C2CCOCC2)n1. The summed E-state index contributed by atoms with van der Waals surface area (Å²) in [4.78, 5) is 10.6. The number of hydrogen-bond donors (Lipinski definition) is 0. The fraction of sp³-hybridized carbons (Fsp3) is 0.500. The van der Waals surface area contributed by atoms with Gasteiger partial charge in [-0.05, 0) is 18.9 Å². The largest absolute Gasteiger partial charge is 0.381 e. The minimum absolute atomic E-state index is 0.446. The highest BCUT2D eigenvalue weighted by Gasteiger charge is 2.20. The Kier molecular flexibility index (Phi) is 3.37. The third kappa shape index (κ3) is 2.31. The van der Waals surface area contributed by atoms with E-state index in [1.807, 2.05) is 7.05 Å². The summed E-state index contributed by atoms with van der Waals surface area (Å²) in [5.41, 5.74) is 0.629. The molecule has 0 atom stereocenters. The van der Waals surface area contributed by atoms with E-state index >= 15 is 0 Å². The maximum atomic E-state index is 5.33. The van der Waals surface area contributed by atoms with Gasteiger partial charge in [0, 0.05) is 32.5 Å². The second-order valence-electron chi connectivity index (χ2n) is 3.84. The molecule has 1 aliphatic heterocycles. The average molecular weight is 217 g/mol. The second kappa shape index (κ2) is 4.95. The van der Waals surface area contributed by atoms with Crippen LogP contribution in [0.25, 0.3) is 0 Å². The third-order valence-electron chi connectivity index (χ3n) is 2.84. The predicted octanol–water partition coefficient (Wildman–Crippen LogP) is 1.07. The van der Waals surface area contributed by atoms with Crippen LogP contribution >= 0.6 is 0 Å². The molecule has 4 heteroatoms. The van der Waals surface area contributed by atoms with Gasteiger partial charge in [-0.3, -0.25) is 0 Å². The fourth-order valence-electron chi connectivity index (χ4n) is 1.83. The maximum Gasteiger partial charge on any atom is 0.226 e. The van der Waals surface area contributed by atoms with Crippen molar-refractivity contribution < 1.29 is 4.74 Å². The quantitative estimate of drug-likeness (QED) is 0.695. The second-order valence-corrected chi connectivity index (χ2v) is 3.84. The molecule has 2 rings (SSSR count). The number of aromatic nitrogens is 2. The van der Waals surface area contributed by atoms with Crippen LogP contribution in [0.4, 0.5) is 5.95 Å². The maximum absolute atomic E-state index is 5.33. The van der Waals surface area contributed by atoms with E-state index in [9.17, 15) is 0 Å². The van der Waals surface area contributed by atoms with E-state index in [2.05, 4.69) is 20.8 Å². The van der Waals surface area contributed by atoms with Crippen molar-refractivity contribution in [1.82, 2.24) is 9.97 Å². The first-order valence-corrected chi connectivity index (χ1v) is 5.41. The molecule has 0 radical (unpaired) electrons. The van der Waals surface area contributed by atoms with Gasteiger partial charge in [-0.2, -0.15) is 0 Å². The highest BCUT2D eigenvalue weighted by Crippen LogP contribution is 2.17. The summed E-state index contributed by atoms with van der Waals surface area (Å²) in [5, 5.41) is 0. The molecule has 0 unspecified atom stereocenters. The summed E-state index contributed by atoms with van der Waals surface area (Å²) in [6.45, 7) is 1.62. The number of ether oxygens (including phenoxy) is 1. The van der Waals surface area contributed by atoms with Gasteiger partial charge in [0.15, 0.2) is 0 Å². The summed E-state index contributed by atoms with van der Waals surface area (Å²) in [7, 11) is 2.01. The molecule has 0 N–H and O–H groups in total. The van der Waals surface area contributed by atoms with Crippen LogP contribution in [-0.4, -0.2) is 36.3 Å². The van der Waals surface area contributed by atoms with E-state index in [1.165, 1.54) is 0 Å². The lowest BCUT2D eigenvalue weighted by Crippen LogP contribution is -2.37. The van der Waals surface area contributed by atoms with Crippen molar-refractivity contribution >= 4 is 5.95 Å². The van der Waals surface area contributed by atoms with Crippen LogP contribution < -0.4 is 4.90 Å². The zero-order valence-electron chi connectivity index (χ0n) is 9.39. The third-order valence-corrected chi connectivity index (χ3v) is 2.84. The fourth-order valence-corrected chi connectivity index (χ4v) is 1.83. The Morgan fingerprint density at radius 3 is 2.94 bits per heavy atom. The van der Waals surface area contributed by atoms with E-state index in [4.69, 9.17) is 11.2 Å². The highest BCUT2D eigenvalue weighted by atomic mass is 16.5. The van der Waals surface area contributed by atoms with Gasteiger partial charge in [0.2, 0.25) is 5.95 Å². The minimum Gasteiger partial charge on any atom is -0.381 e. The van der Waals surface area contributed by atoms with Gasteiger partial charge in [-0.25, -0.2) is 9.97 Å². The summed E-state index contributed by atoms with van der Waals surface area (Å²) >= 11 is 0. The van der Waals surface area contributed by atoms with Gasteiger partial charge in [0.05, 0.1) is 0 Å². The molecule has 2 heterocycles. The zero-order valence-corrected chi connectivity index (χ0v) is 9.39.